The van der Waals surface area contributed by atoms with Crippen molar-refractivity contribution in [3.8, 4) is 0 Å². The summed E-state index contributed by atoms with van der Waals surface area (Å²) >= 11 is 0. The number of unbranched alkanes of at least 4 members (excludes halogenated alkanes) is 13. The third-order valence-electron chi connectivity index (χ3n) is 4.08. The van der Waals surface area contributed by atoms with E-state index in [0.717, 1.165) is 6.42 Å². The number of aliphatic hydroxyl groups is 1. The van der Waals surface area contributed by atoms with Crippen LogP contribution in [0.25, 0.3) is 0 Å². The summed E-state index contributed by atoms with van der Waals surface area (Å²) in [6.07, 6.45) is 18.8. The number of rotatable bonds is 18. The van der Waals surface area contributed by atoms with Crippen molar-refractivity contribution >= 4 is 5.78 Å². The molecule has 0 saturated carbocycles. The summed E-state index contributed by atoms with van der Waals surface area (Å²) in [5.41, 5.74) is 0. The smallest absolute Gasteiger partial charge is 0.183 e. The molecular formula is C19H38O3. The molecule has 132 valence electrons. The highest BCUT2D eigenvalue weighted by Crippen LogP contribution is 2.12. The van der Waals surface area contributed by atoms with Crippen molar-refractivity contribution in [2.75, 3.05) is 19.8 Å². The van der Waals surface area contributed by atoms with E-state index in [1.165, 1.54) is 83.5 Å². The van der Waals surface area contributed by atoms with Crippen molar-refractivity contribution in [1.82, 2.24) is 0 Å². The van der Waals surface area contributed by atoms with Crippen LogP contribution in [0.5, 0.6) is 0 Å². The molecule has 0 unspecified atom stereocenters. The lowest BCUT2D eigenvalue weighted by atomic mass is 10.0. The first-order chi connectivity index (χ1) is 10.8. The van der Waals surface area contributed by atoms with Gasteiger partial charge in [0.1, 0.15) is 13.2 Å². The molecule has 0 aliphatic heterocycles. The zero-order chi connectivity index (χ0) is 16.3. The van der Waals surface area contributed by atoms with Crippen LogP contribution in [0, 0.1) is 0 Å². The van der Waals surface area contributed by atoms with Crippen LogP contribution in [0.2, 0.25) is 0 Å². The van der Waals surface area contributed by atoms with Crippen molar-refractivity contribution in [3.63, 3.8) is 0 Å². The van der Waals surface area contributed by atoms with Gasteiger partial charge < -0.3 is 9.84 Å². The Morgan fingerprint density at radius 3 is 1.55 bits per heavy atom. The monoisotopic (exact) mass is 314 g/mol. The second-order valence-electron chi connectivity index (χ2n) is 6.35. The molecule has 0 spiro atoms. The van der Waals surface area contributed by atoms with Gasteiger partial charge in [-0.05, 0) is 6.42 Å². The molecule has 0 aromatic carbocycles. The Kier molecular flexibility index (Phi) is 18.3. The Balaban J connectivity index is 2.98. The maximum atomic E-state index is 10.8. The van der Waals surface area contributed by atoms with E-state index in [1.807, 2.05) is 0 Å². The van der Waals surface area contributed by atoms with E-state index >= 15 is 0 Å². The molecule has 0 saturated heterocycles. The Morgan fingerprint density at radius 2 is 1.14 bits per heavy atom. The Bertz CT molecular complexity index is 229. The first kappa shape index (κ1) is 21.6. The van der Waals surface area contributed by atoms with Gasteiger partial charge >= 0.3 is 0 Å². The molecule has 0 amide bonds. The molecule has 0 atom stereocenters. The van der Waals surface area contributed by atoms with E-state index in [1.54, 1.807) is 0 Å². The zero-order valence-corrected chi connectivity index (χ0v) is 14.8. The van der Waals surface area contributed by atoms with E-state index < -0.39 is 6.61 Å². The van der Waals surface area contributed by atoms with Crippen LogP contribution in [0.4, 0.5) is 0 Å². The lowest BCUT2D eigenvalue weighted by molar-refractivity contribution is -0.126. The van der Waals surface area contributed by atoms with Gasteiger partial charge in [-0.15, -0.1) is 0 Å². The SMILES string of the molecule is CCCCCCCCCCCCCCCCOCC(=O)CO. The lowest BCUT2D eigenvalue weighted by Gasteiger charge is -2.04. The van der Waals surface area contributed by atoms with Crippen molar-refractivity contribution in [1.29, 1.82) is 0 Å². The first-order valence-corrected chi connectivity index (χ1v) is 9.51. The lowest BCUT2D eigenvalue weighted by Crippen LogP contribution is -2.12. The molecular weight excluding hydrogens is 276 g/mol. The molecule has 0 radical (unpaired) electrons. The highest BCUT2D eigenvalue weighted by molar-refractivity contribution is 5.80. The van der Waals surface area contributed by atoms with E-state index in [-0.39, 0.29) is 12.4 Å². The average molecular weight is 315 g/mol. The van der Waals surface area contributed by atoms with E-state index in [0.29, 0.717) is 6.61 Å². The van der Waals surface area contributed by atoms with Gasteiger partial charge in [0.25, 0.3) is 0 Å². The number of hydrogen-bond donors (Lipinski definition) is 1. The number of ether oxygens (including phenoxy) is 1. The first-order valence-electron chi connectivity index (χ1n) is 9.51. The third-order valence-corrected chi connectivity index (χ3v) is 4.08. The predicted molar refractivity (Wildman–Crippen MR) is 93.2 cm³/mol. The van der Waals surface area contributed by atoms with E-state index in [2.05, 4.69) is 6.92 Å². The average Bonchev–Trinajstić information content (AvgIpc) is 2.54. The number of carbonyl (C=O) groups is 1. The van der Waals surface area contributed by atoms with Gasteiger partial charge in [-0.2, -0.15) is 0 Å². The number of hydrogen-bond acceptors (Lipinski definition) is 3. The molecule has 3 heteroatoms. The van der Waals surface area contributed by atoms with Crippen LogP contribution in [-0.2, 0) is 9.53 Å². The van der Waals surface area contributed by atoms with Crippen LogP contribution in [-0.4, -0.2) is 30.7 Å². The van der Waals surface area contributed by atoms with Gasteiger partial charge in [-0.3, -0.25) is 4.79 Å². The highest BCUT2D eigenvalue weighted by atomic mass is 16.5. The summed E-state index contributed by atoms with van der Waals surface area (Å²) in [7, 11) is 0. The maximum absolute atomic E-state index is 10.8. The summed E-state index contributed by atoms with van der Waals surface area (Å²) < 4.78 is 5.18. The zero-order valence-electron chi connectivity index (χ0n) is 14.8. The van der Waals surface area contributed by atoms with Crippen molar-refractivity contribution < 1.29 is 14.6 Å². The number of Topliss-reactive ketones (excluding diaryl/α,β-unsaturated/α-hetero) is 1. The predicted octanol–water partition coefficient (Wildman–Crippen LogP) is 5.05. The Hall–Kier alpha value is -0.410. The highest BCUT2D eigenvalue weighted by Gasteiger charge is 1.98. The van der Waals surface area contributed by atoms with Crippen LogP contribution < -0.4 is 0 Å². The standard InChI is InChI=1S/C19H38O3/c1-2-3-4-5-6-7-8-9-10-11-12-13-14-15-16-22-18-19(21)17-20/h20H,2-18H2,1H3. The summed E-state index contributed by atoms with van der Waals surface area (Å²) in [5, 5.41) is 8.53. The van der Waals surface area contributed by atoms with Gasteiger partial charge in [-0.1, -0.05) is 90.4 Å². The fourth-order valence-corrected chi connectivity index (χ4v) is 2.63. The number of aliphatic hydroxyl groups excluding tert-OH is 1. The number of ketones is 1. The second-order valence-corrected chi connectivity index (χ2v) is 6.35. The van der Waals surface area contributed by atoms with Crippen LogP contribution in [0.3, 0.4) is 0 Å². The van der Waals surface area contributed by atoms with Crippen molar-refractivity contribution in [2.45, 2.75) is 96.8 Å². The third kappa shape index (κ3) is 17.6. The normalized spacial score (nSPS) is 11.0. The molecule has 3 nitrogen and oxygen atoms in total. The van der Waals surface area contributed by atoms with Gasteiger partial charge in [0.05, 0.1) is 0 Å². The Labute approximate surface area is 137 Å². The Morgan fingerprint density at radius 1 is 0.727 bits per heavy atom. The summed E-state index contributed by atoms with van der Waals surface area (Å²) in [6, 6.07) is 0. The molecule has 0 aliphatic rings. The maximum Gasteiger partial charge on any atom is 0.183 e. The fourth-order valence-electron chi connectivity index (χ4n) is 2.63. The largest absolute Gasteiger partial charge is 0.388 e. The van der Waals surface area contributed by atoms with Crippen molar-refractivity contribution in [2.24, 2.45) is 0 Å². The quantitative estimate of drug-likeness (QED) is 0.360. The van der Waals surface area contributed by atoms with Gasteiger partial charge in [-0.25, -0.2) is 0 Å². The molecule has 0 aromatic heterocycles. The topological polar surface area (TPSA) is 46.5 Å². The molecule has 0 aromatic rings. The molecule has 0 fully saturated rings. The molecule has 0 aliphatic carbocycles. The van der Waals surface area contributed by atoms with Crippen LogP contribution >= 0.6 is 0 Å². The van der Waals surface area contributed by atoms with Gasteiger partial charge in [0, 0.05) is 6.61 Å². The van der Waals surface area contributed by atoms with Crippen LogP contribution in [0.15, 0.2) is 0 Å². The minimum absolute atomic E-state index is 0.0644. The molecule has 22 heavy (non-hydrogen) atoms. The number of carbonyl (C=O) groups excluding carboxylic acids is 1. The molecule has 1 N–H and O–H groups in total. The minimum atomic E-state index is -0.404. The second kappa shape index (κ2) is 18.6. The summed E-state index contributed by atoms with van der Waals surface area (Å²) in [5.74, 6) is -0.231. The molecule has 0 rings (SSSR count). The van der Waals surface area contributed by atoms with E-state index in [9.17, 15) is 4.79 Å². The van der Waals surface area contributed by atoms with Gasteiger partial charge in [0.2, 0.25) is 0 Å². The molecule has 0 heterocycles. The van der Waals surface area contributed by atoms with Crippen LogP contribution in [0.1, 0.15) is 96.8 Å². The fraction of sp³-hybridized carbons (Fsp3) is 0.947. The summed E-state index contributed by atoms with van der Waals surface area (Å²) in [6.45, 7) is 2.57. The van der Waals surface area contributed by atoms with Crippen molar-refractivity contribution in [3.05, 3.63) is 0 Å². The minimum Gasteiger partial charge on any atom is -0.388 e. The molecule has 0 bridgehead atoms. The van der Waals surface area contributed by atoms with Gasteiger partial charge in [0.15, 0.2) is 5.78 Å². The summed E-state index contributed by atoms with van der Waals surface area (Å²) in [4.78, 5) is 10.8. The van der Waals surface area contributed by atoms with E-state index in [4.69, 9.17) is 9.84 Å².